The second-order valence-electron chi connectivity index (χ2n) is 4.43. The van der Waals surface area contributed by atoms with Crippen molar-refractivity contribution in [3.05, 3.63) is 48.3 Å². The first-order valence-electron chi connectivity index (χ1n) is 6.56. The van der Waals surface area contributed by atoms with E-state index in [9.17, 15) is 4.79 Å². The Balaban J connectivity index is 1.51. The fourth-order valence-electron chi connectivity index (χ4n) is 1.93. The Bertz CT molecular complexity index is 740. The van der Waals surface area contributed by atoms with E-state index < -0.39 is 0 Å². The molecule has 0 atom stereocenters. The Hall–Kier alpha value is -2.96. The molecule has 0 radical (unpaired) electrons. The molecule has 0 saturated carbocycles. The highest BCUT2D eigenvalue weighted by molar-refractivity contribution is 5.91. The highest BCUT2D eigenvalue weighted by atomic mass is 16.1. The summed E-state index contributed by atoms with van der Waals surface area (Å²) >= 11 is 0. The molecule has 2 aromatic heterocycles. The molecule has 0 spiro atoms. The standard InChI is InChI=1S/C14H14N6O/c21-14(12-9-17-20-19-12)16-8-7-15-13-6-5-10-3-1-2-4-11(10)18-13/h1-6,9H,7-8H2,(H,15,18)(H,16,21)(H,17,19,20). The van der Waals surface area contributed by atoms with Crippen LogP contribution in [0, 0.1) is 0 Å². The van der Waals surface area contributed by atoms with E-state index in [1.54, 1.807) is 0 Å². The van der Waals surface area contributed by atoms with Crippen molar-refractivity contribution in [1.29, 1.82) is 0 Å². The van der Waals surface area contributed by atoms with Gasteiger partial charge in [0.2, 0.25) is 0 Å². The van der Waals surface area contributed by atoms with Crippen molar-refractivity contribution in [2.24, 2.45) is 0 Å². The van der Waals surface area contributed by atoms with Gasteiger partial charge in [-0.05, 0) is 18.2 Å². The quantitative estimate of drug-likeness (QED) is 0.611. The molecule has 2 heterocycles. The molecule has 7 heteroatoms. The maximum absolute atomic E-state index is 11.6. The van der Waals surface area contributed by atoms with Crippen molar-refractivity contribution in [2.75, 3.05) is 18.4 Å². The van der Waals surface area contributed by atoms with Gasteiger partial charge < -0.3 is 10.6 Å². The third-order valence-corrected chi connectivity index (χ3v) is 2.96. The van der Waals surface area contributed by atoms with Gasteiger partial charge in [-0.15, -0.1) is 0 Å². The van der Waals surface area contributed by atoms with E-state index in [1.807, 2.05) is 36.4 Å². The molecule has 0 aliphatic carbocycles. The first kappa shape index (κ1) is 13.0. The molecule has 106 valence electrons. The molecule has 1 aromatic carbocycles. The van der Waals surface area contributed by atoms with Gasteiger partial charge >= 0.3 is 0 Å². The van der Waals surface area contributed by atoms with E-state index >= 15 is 0 Å². The summed E-state index contributed by atoms with van der Waals surface area (Å²) < 4.78 is 0. The molecular formula is C14H14N6O. The number of nitrogens with zero attached hydrogens (tertiary/aromatic N) is 3. The number of H-pyrrole nitrogens is 1. The molecule has 0 aliphatic rings. The number of aromatic nitrogens is 4. The summed E-state index contributed by atoms with van der Waals surface area (Å²) in [5.41, 5.74) is 1.22. The largest absolute Gasteiger partial charge is 0.368 e. The minimum atomic E-state index is -0.253. The van der Waals surface area contributed by atoms with Gasteiger partial charge in [0.15, 0.2) is 5.69 Å². The van der Waals surface area contributed by atoms with Gasteiger partial charge in [0.1, 0.15) is 5.82 Å². The Labute approximate surface area is 120 Å². The Kier molecular flexibility index (Phi) is 3.72. The highest BCUT2D eigenvalue weighted by Gasteiger charge is 2.06. The molecule has 21 heavy (non-hydrogen) atoms. The lowest BCUT2D eigenvalue weighted by Gasteiger charge is -2.07. The first-order valence-corrected chi connectivity index (χ1v) is 6.56. The number of rotatable bonds is 5. The maximum Gasteiger partial charge on any atom is 0.273 e. The molecule has 0 bridgehead atoms. The molecule has 3 rings (SSSR count). The Morgan fingerprint density at radius 1 is 1.14 bits per heavy atom. The van der Waals surface area contributed by atoms with Crippen molar-refractivity contribution < 1.29 is 4.79 Å². The number of pyridine rings is 1. The van der Waals surface area contributed by atoms with Crippen LogP contribution < -0.4 is 10.6 Å². The fourth-order valence-corrected chi connectivity index (χ4v) is 1.93. The van der Waals surface area contributed by atoms with Crippen LogP contribution in [0.2, 0.25) is 0 Å². The molecule has 3 N–H and O–H groups in total. The summed E-state index contributed by atoms with van der Waals surface area (Å²) in [6.07, 6.45) is 1.38. The first-order chi connectivity index (χ1) is 10.3. The summed E-state index contributed by atoms with van der Waals surface area (Å²) in [5, 5.41) is 16.7. The highest BCUT2D eigenvalue weighted by Crippen LogP contribution is 2.13. The third-order valence-electron chi connectivity index (χ3n) is 2.96. The third kappa shape index (κ3) is 3.14. The van der Waals surface area contributed by atoms with Crippen molar-refractivity contribution in [3.63, 3.8) is 0 Å². The monoisotopic (exact) mass is 282 g/mol. The molecule has 7 nitrogen and oxygen atoms in total. The van der Waals surface area contributed by atoms with Crippen molar-refractivity contribution >= 4 is 22.6 Å². The number of para-hydroxylation sites is 1. The van der Waals surface area contributed by atoms with Crippen LogP contribution in [0.4, 0.5) is 5.82 Å². The van der Waals surface area contributed by atoms with Crippen molar-refractivity contribution in [1.82, 2.24) is 25.7 Å². The minimum absolute atomic E-state index is 0.253. The number of anilines is 1. The number of fused-ring (bicyclic) bond motifs is 1. The zero-order valence-electron chi connectivity index (χ0n) is 11.2. The number of aromatic amines is 1. The van der Waals surface area contributed by atoms with Crippen LogP contribution in [0.3, 0.4) is 0 Å². The Morgan fingerprint density at radius 3 is 2.90 bits per heavy atom. The Morgan fingerprint density at radius 2 is 2.05 bits per heavy atom. The average Bonchev–Trinajstić information content (AvgIpc) is 3.06. The molecule has 3 aromatic rings. The number of benzene rings is 1. The number of carbonyl (C=O) groups excluding carboxylic acids is 1. The van der Waals surface area contributed by atoms with Crippen LogP contribution in [0.25, 0.3) is 10.9 Å². The van der Waals surface area contributed by atoms with Crippen LogP contribution in [0.1, 0.15) is 10.5 Å². The minimum Gasteiger partial charge on any atom is -0.368 e. The van der Waals surface area contributed by atoms with Gasteiger partial charge in [-0.2, -0.15) is 15.4 Å². The number of hydrogen-bond acceptors (Lipinski definition) is 5. The van der Waals surface area contributed by atoms with E-state index in [1.165, 1.54) is 6.20 Å². The predicted molar refractivity (Wildman–Crippen MR) is 78.9 cm³/mol. The molecule has 0 aliphatic heterocycles. The molecule has 0 unspecified atom stereocenters. The summed E-state index contributed by atoms with van der Waals surface area (Å²) in [6.45, 7) is 1.05. The second kappa shape index (κ2) is 6.00. The topological polar surface area (TPSA) is 95.6 Å². The summed E-state index contributed by atoms with van der Waals surface area (Å²) in [6, 6.07) is 11.9. The SMILES string of the molecule is O=C(NCCNc1ccc2ccccc2n1)c1cn[nH]n1. The number of nitrogens with one attached hydrogen (secondary N) is 3. The lowest BCUT2D eigenvalue weighted by atomic mass is 10.2. The van der Waals surface area contributed by atoms with Crippen LogP contribution in [-0.2, 0) is 0 Å². The van der Waals surface area contributed by atoms with E-state index in [-0.39, 0.29) is 11.6 Å². The normalized spacial score (nSPS) is 10.5. The fraction of sp³-hybridized carbons (Fsp3) is 0.143. The van der Waals surface area contributed by atoms with Gasteiger partial charge in [0.05, 0.1) is 11.7 Å². The molecule has 0 saturated heterocycles. The van der Waals surface area contributed by atoms with Crippen LogP contribution in [-0.4, -0.2) is 39.4 Å². The summed E-state index contributed by atoms with van der Waals surface area (Å²) in [7, 11) is 0. The van der Waals surface area contributed by atoms with E-state index in [0.29, 0.717) is 13.1 Å². The predicted octanol–water partition coefficient (Wildman–Crippen LogP) is 1.19. The molecule has 1 amide bonds. The smallest absolute Gasteiger partial charge is 0.273 e. The van der Waals surface area contributed by atoms with E-state index in [2.05, 4.69) is 31.0 Å². The average molecular weight is 282 g/mol. The van der Waals surface area contributed by atoms with Crippen LogP contribution in [0.5, 0.6) is 0 Å². The molecule has 0 fully saturated rings. The summed E-state index contributed by atoms with van der Waals surface area (Å²) in [4.78, 5) is 16.1. The molecular weight excluding hydrogens is 268 g/mol. The number of hydrogen-bond donors (Lipinski definition) is 3. The zero-order chi connectivity index (χ0) is 14.5. The van der Waals surface area contributed by atoms with Crippen LogP contribution in [0.15, 0.2) is 42.6 Å². The van der Waals surface area contributed by atoms with Gasteiger partial charge in [0.25, 0.3) is 5.91 Å². The lowest BCUT2D eigenvalue weighted by molar-refractivity contribution is 0.0950. The van der Waals surface area contributed by atoms with E-state index in [0.717, 1.165) is 16.7 Å². The van der Waals surface area contributed by atoms with Crippen molar-refractivity contribution in [2.45, 2.75) is 0 Å². The second-order valence-corrected chi connectivity index (χ2v) is 4.43. The maximum atomic E-state index is 11.6. The lowest BCUT2D eigenvalue weighted by Crippen LogP contribution is -2.29. The summed E-state index contributed by atoms with van der Waals surface area (Å²) in [5.74, 6) is 0.529. The van der Waals surface area contributed by atoms with Gasteiger partial charge in [-0.1, -0.05) is 18.2 Å². The zero-order valence-corrected chi connectivity index (χ0v) is 11.2. The van der Waals surface area contributed by atoms with Gasteiger partial charge in [0, 0.05) is 18.5 Å². The van der Waals surface area contributed by atoms with Crippen molar-refractivity contribution in [3.8, 4) is 0 Å². The van der Waals surface area contributed by atoms with Crippen LogP contribution >= 0.6 is 0 Å². The number of carbonyl (C=O) groups is 1. The van der Waals surface area contributed by atoms with E-state index in [4.69, 9.17) is 0 Å². The number of amides is 1. The van der Waals surface area contributed by atoms with Gasteiger partial charge in [-0.25, -0.2) is 4.98 Å². The van der Waals surface area contributed by atoms with Gasteiger partial charge in [-0.3, -0.25) is 4.79 Å².